The van der Waals surface area contributed by atoms with Crippen molar-refractivity contribution in [2.24, 2.45) is 5.92 Å². The highest BCUT2D eigenvalue weighted by atomic mass is 16.3. The summed E-state index contributed by atoms with van der Waals surface area (Å²) in [6.07, 6.45) is 6.74. The first-order chi connectivity index (χ1) is 12.0. The monoisotopic (exact) mass is 340 g/mol. The molecule has 1 aliphatic carbocycles. The van der Waals surface area contributed by atoms with Crippen molar-refractivity contribution in [2.75, 3.05) is 12.3 Å². The average molecular weight is 340 g/mol. The Bertz CT molecular complexity index is 760. The van der Waals surface area contributed by atoms with Crippen LogP contribution in [-0.4, -0.2) is 38.2 Å². The number of hydrogen-bond donors (Lipinski definition) is 2. The molecule has 1 aliphatic heterocycles. The molecule has 25 heavy (non-hydrogen) atoms. The summed E-state index contributed by atoms with van der Waals surface area (Å²) < 4.78 is 0. The summed E-state index contributed by atoms with van der Waals surface area (Å²) >= 11 is 0. The van der Waals surface area contributed by atoms with Crippen molar-refractivity contribution < 1.29 is 5.11 Å². The van der Waals surface area contributed by atoms with Gasteiger partial charge in [0.25, 0.3) is 0 Å². The Labute approximate surface area is 149 Å². The number of anilines is 1. The number of nitrogen functional groups attached to an aromatic ring is 1. The summed E-state index contributed by atoms with van der Waals surface area (Å²) in [5, 5.41) is 11.8. The zero-order valence-corrected chi connectivity index (χ0v) is 15.0. The lowest BCUT2D eigenvalue weighted by atomic mass is 9.72. The third-order valence-corrected chi connectivity index (χ3v) is 6.15. The summed E-state index contributed by atoms with van der Waals surface area (Å²) in [6, 6.07) is 8.32. The zero-order valence-electron chi connectivity index (χ0n) is 15.0. The number of rotatable bonds is 3. The lowest BCUT2D eigenvalue weighted by Gasteiger charge is -2.43. The van der Waals surface area contributed by atoms with E-state index in [1.54, 1.807) is 0 Å². The van der Waals surface area contributed by atoms with Crippen LogP contribution in [-0.2, 0) is 6.54 Å². The Hall–Kier alpha value is -1.72. The number of aromatic nitrogens is 2. The molecule has 4 rings (SSSR count). The van der Waals surface area contributed by atoms with E-state index in [0.29, 0.717) is 24.3 Å². The largest absolute Gasteiger partial charge is 0.390 e. The molecule has 3 atom stereocenters. The van der Waals surface area contributed by atoms with Crippen molar-refractivity contribution in [3.63, 3.8) is 0 Å². The van der Waals surface area contributed by atoms with Gasteiger partial charge >= 0.3 is 0 Å². The first-order valence-corrected chi connectivity index (χ1v) is 9.52. The number of fused-ring (bicyclic) bond motifs is 1. The van der Waals surface area contributed by atoms with Crippen LogP contribution < -0.4 is 5.73 Å². The highest BCUT2D eigenvalue weighted by Gasteiger charge is 2.43. The molecule has 2 fully saturated rings. The van der Waals surface area contributed by atoms with E-state index in [1.807, 2.05) is 31.2 Å². The van der Waals surface area contributed by atoms with E-state index in [4.69, 9.17) is 10.7 Å². The predicted molar refractivity (Wildman–Crippen MR) is 100.0 cm³/mol. The minimum atomic E-state index is -0.547. The van der Waals surface area contributed by atoms with Gasteiger partial charge in [0.15, 0.2) is 0 Å². The lowest BCUT2D eigenvalue weighted by molar-refractivity contribution is -0.0631. The second-order valence-electron chi connectivity index (χ2n) is 7.93. The van der Waals surface area contributed by atoms with Crippen molar-refractivity contribution in [3.8, 4) is 0 Å². The molecule has 1 saturated heterocycles. The van der Waals surface area contributed by atoms with E-state index in [1.165, 1.54) is 12.8 Å². The molecule has 2 aromatic rings. The Morgan fingerprint density at radius 1 is 1.20 bits per heavy atom. The molecular formula is C20H28N4O. The highest BCUT2D eigenvalue weighted by molar-refractivity contribution is 5.87. The molecular weight excluding hydrogens is 312 g/mol. The molecule has 3 N–H and O–H groups in total. The van der Waals surface area contributed by atoms with Crippen LogP contribution >= 0.6 is 0 Å². The second-order valence-corrected chi connectivity index (χ2v) is 7.93. The van der Waals surface area contributed by atoms with Crippen LogP contribution in [0.1, 0.15) is 51.3 Å². The van der Waals surface area contributed by atoms with Gasteiger partial charge in [-0.2, -0.15) is 0 Å². The Kier molecular flexibility index (Phi) is 4.38. The normalized spacial score (nSPS) is 30.8. The Balaban J connectivity index is 1.57. The van der Waals surface area contributed by atoms with Crippen molar-refractivity contribution >= 4 is 16.7 Å². The van der Waals surface area contributed by atoms with E-state index in [-0.39, 0.29) is 0 Å². The Morgan fingerprint density at radius 2 is 2.04 bits per heavy atom. The maximum atomic E-state index is 10.9. The van der Waals surface area contributed by atoms with Gasteiger partial charge in [0.2, 0.25) is 0 Å². The summed E-state index contributed by atoms with van der Waals surface area (Å²) in [6.45, 7) is 3.79. The highest BCUT2D eigenvalue weighted by Crippen LogP contribution is 2.41. The van der Waals surface area contributed by atoms with Gasteiger partial charge in [0.05, 0.1) is 17.7 Å². The fourth-order valence-corrected chi connectivity index (χ4v) is 4.86. The molecule has 0 bridgehead atoms. The van der Waals surface area contributed by atoms with Crippen molar-refractivity contribution in [1.82, 2.24) is 14.9 Å². The maximum absolute atomic E-state index is 10.9. The molecule has 2 aliphatic rings. The first kappa shape index (κ1) is 16.7. The van der Waals surface area contributed by atoms with E-state index < -0.39 is 5.60 Å². The molecule has 1 saturated carbocycles. The van der Waals surface area contributed by atoms with Crippen LogP contribution in [0.25, 0.3) is 10.9 Å². The quantitative estimate of drug-likeness (QED) is 0.898. The topological polar surface area (TPSA) is 75.3 Å². The first-order valence-electron chi connectivity index (χ1n) is 9.52. The number of aliphatic hydroxyl groups is 1. The van der Waals surface area contributed by atoms with Crippen LogP contribution in [0.3, 0.4) is 0 Å². The molecule has 0 radical (unpaired) electrons. The number of nitrogens with two attached hydrogens (primary N) is 1. The van der Waals surface area contributed by atoms with E-state index in [0.717, 1.165) is 49.0 Å². The van der Waals surface area contributed by atoms with Crippen LogP contribution in [0.4, 0.5) is 5.82 Å². The van der Waals surface area contributed by atoms with Gasteiger partial charge in [-0.25, -0.2) is 9.97 Å². The summed E-state index contributed by atoms with van der Waals surface area (Å²) in [5.74, 6) is 1.70. The van der Waals surface area contributed by atoms with Gasteiger partial charge in [-0.3, -0.25) is 4.90 Å². The molecule has 134 valence electrons. The average Bonchev–Trinajstić information content (AvgIpc) is 3.02. The molecule has 1 aromatic carbocycles. The van der Waals surface area contributed by atoms with Crippen molar-refractivity contribution in [3.05, 3.63) is 30.1 Å². The zero-order chi connectivity index (χ0) is 17.4. The predicted octanol–water partition coefficient (Wildman–Crippen LogP) is 3.12. The fraction of sp³-hybridized carbons (Fsp3) is 0.600. The SMILES string of the molecule is CC1(O)CCCCC1C1CCCN1Cc1nc(N)c2ccccc2n1. The van der Waals surface area contributed by atoms with Crippen LogP contribution in [0.15, 0.2) is 24.3 Å². The number of likely N-dealkylation sites (tertiary alicyclic amines) is 1. The van der Waals surface area contributed by atoms with Crippen LogP contribution in [0.2, 0.25) is 0 Å². The van der Waals surface area contributed by atoms with Gasteiger partial charge in [-0.15, -0.1) is 0 Å². The van der Waals surface area contributed by atoms with E-state index >= 15 is 0 Å². The number of benzene rings is 1. The van der Waals surface area contributed by atoms with Gasteiger partial charge in [0, 0.05) is 17.3 Å². The summed E-state index contributed by atoms with van der Waals surface area (Å²) in [5.41, 5.74) is 6.50. The lowest BCUT2D eigenvalue weighted by Crippen LogP contribution is -2.48. The second kappa shape index (κ2) is 6.54. The third-order valence-electron chi connectivity index (χ3n) is 6.15. The van der Waals surface area contributed by atoms with Crippen molar-refractivity contribution in [1.29, 1.82) is 0 Å². The van der Waals surface area contributed by atoms with Gasteiger partial charge in [-0.1, -0.05) is 25.0 Å². The van der Waals surface area contributed by atoms with Crippen molar-refractivity contribution in [2.45, 2.75) is 63.6 Å². The van der Waals surface area contributed by atoms with E-state index in [2.05, 4.69) is 9.88 Å². The molecule has 5 heteroatoms. The number of para-hydroxylation sites is 1. The minimum Gasteiger partial charge on any atom is -0.390 e. The maximum Gasteiger partial charge on any atom is 0.145 e. The van der Waals surface area contributed by atoms with Crippen LogP contribution in [0.5, 0.6) is 0 Å². The molecule has 0 spiro atoms. The molecule has 3 unspecified atom stereocenters. The molecule has 5 nitrogen and oxygen atoms in total. The Morgan fingerprint density at radius 3 is 2.88 bits per heavy atom. The number of hydrogen-bond acceptors (Lipinski definition) is 5. The smallest absolute Gasteiger partial charge is 0.145 e. The summed E-state index contributed by atoms with van der Waals surface area (Å²) in [4.78, 5) is 11.7. The molecule has 2 heterocycles. The number of nitrogens with zero attached hydrogens (tertiary/aromatic N) is 3. The summed E-state index contributed by atoms with van der Waals surface area (Å²) in [7, 11) is 0. The van der Waals surface area contributed by atoms with Gasteiger partial charge in [0.1, 0.15) is 11.6 Å². The van der Waals surface area contributed by atoms with Gasteiger partial charge < -0.3 is 10.8 Å². The van der Waals surface area contributed by atoms with Crippen LogP contribution in [0, 0.1) is 5.92 Å². The fourth-order valence-electron chi connectivity index (χ4n) is 4.86. The standard InChI is InChI=1S/C20H28N4O/c1-20(25)11-5-4-8-15(20)17-10-6-12-24(17)13-18-22-16-9-3-2-7-14(16)19(21)23-18/h2-3,7,9,15,17,25H,4-6,8,10-13H2,1H3,(H2,21,22,23). The molecule has 0 amide bonds. The van der Waals surface area contributed by atoms with E-state index in [9.17, 15) is 5.11 Å². The van der Waals surface area contributed by atoms with Gasteiger partial charge in [-0.05, 0) is 51.3 Å². The molecule has 1 aromatic heterocycles. The minimum absolute atomic E-state index is 0.349. The third kappa shape index (κ3) is 3.23.